The number of morpholine rings is 1. The summed E-state index contributed by atoms with van der Waals surface area (Å²) in [5, 5.41) is 12.0. The van der Waals surface area contributed by atoms with E-state index >= 15 is 0 Å². The Kier molecular flexibility index (Phi) is 7.20. The minimum atomic E-state index is -0.331. The first kappa shape index (κ1) is 23.1. The first-order valence-corrected chi connectivity index (χ1v) is 11.7. The lowest BCUT2D eigenvalue weighted by molar-refractivity contribution is 0.0374. The maximum Gasteiger partial charge on any atom is 0.267 e. The number of carbonyl (C=O) groups is 1. The summed E-state index contributed by atoms with van der Waals surface area (Å²) in [7, 11) is 0. The van der Waals surface area contributed by atoms with Gasteiger partial charge in [-0.2, -0.15) is 0 Å². The van der Waals surface area contributed by atoms with Crippen LogP contribution < -0.4 is 16.4 Å². The van der Waals surface area contributed by atoms with Crippen LogP contribution in [0.15, 0.2) is 29.2 Å². The summed E-state index contributed by atoms with van der Waals surface area (Å²) in [6, 6.07) is 5.24. The van der Waals surface area contributed by atoms with Crippen molar-refractivity contribution in [2.45, 2.75) is 39.7 Å². The number of carbonyl (C=O) groups excluding carboxylic acids is 1. The smallest absolute Gasteiger partial charge is 0.267 e. The monoisotopic (exact) mass is 452 g/mol. The number of pyridine rings is 2. The van der Waals surface area contributed by atoms with E-state index in [4.69, 9.17) is 10.1 Å². The predicted molar refractivity (Wildman–Crippen MR) is 127 cm³/mol. The molecule has 1 aliphatic heterocycles. The number of nitrogens with zero attached hydrogens (tertiary/aromatic N) is 4. The van der Waals surface area contributed by atoms with Gasteiger partial charge in [0.15, 0.2) is 0 Å². The molecule has 1 saturated heterocycles. The Morgan fingerprint density at radius 3 is 2.76 bits per heavy atom. The zero-order valence-electron chi connectivity index (χ0n) is 19.4. The predicted octanol–water partition coefficient (Wildman–Crippen LogP) is 1.69. The maximum atomic E-state index is 13.3. The fraction of sp³-hybridized carbons (Fsp3) is 0.500. The Bertz CT molecular complexity index is 1270. The molecule has 4 rings (SSSR count). The number of rotatable bonds is 8. The SMILES string of the molecule is CCCCn1c(=N)c(C(=O)NCCCN2CCOCC2)cc2c(=O)n3cc(C)ccc3nc21. The molecule has 0 radical (unpaired) electrons. The van der Waals surface area contributed by atoms with Crippen LogP contribution in [0.4, 0.5) is 0 Å². The number of hydrogen-bond donors (Lipinski definition) is 2. The topological polar surface area (TPSA) is 105 Å². The number of nitrogens with one attached hydrogen (secondary N) is 2. The van der Waals surface area contributed by atoms with Crippen LogP contribution in [0.2, 0.25) is 0 Å². The Hall–Kier alpha value is -3.04. The van der Waals surface area contributed by atoms with Crippen molar-refractivity contribution in [3.05, 3.63) is 51.4 Å². The van der Waals surface area contributed by atoms with Crippen molar-refractivity contribution in [2.24, 2.45) is 0 Å². The lowest BCUT2D eigenvalue weighted by Crippen LogP contribution is -2.39. The summed E-state index contributed by atoms with van der Waals surface area (Å²) in [5.41, 5.74) is 1.99. The fourth-order valence-corrected chi connectivity index (χ4v) is 4.17. The van der Waals surface area contributed by atoms with Gasteiger partial charge in [0.2, 0.25) is 0 Å². The van der Waals surface area contributed by atoms with Gasteiger partial charge in [-0.05, 0) is 44.0 Å². The minimum absolute atomic E-state index is 0.0880. The molecule has 3 aromatic rings. The Morgan fingerprint density at radius 1 is 1.21 bits per heavy atom. The van der Waals surface area contributed by atoms with Gasteiger partial charge in [-0.25, -0.2) is 4.98 Å². The molecule has 0 aromatic carbocycles. The third-order valence-electron chi connectivity index (χ3n) is 6.08. The largest absolute Gasteiger partial charge is 0.379 e. The summed E-state index contributed by atoms with van der Waals surface area (Å²) in [5.74, 6) is -0.331. The lowest BCUT2D eigenvalue weighted by atomic mass is 10.1. The molecule has 1 aliphatic rings. The number of unbranched alkanes of at least 4 members (excludes halogenated alkanes) is 1. The fourth-order valence-electron chi connectivity index (χ4n) is 4.17. The highest BCUT2D eigenvalue weighted by atomic mass is 16.5. The Labute approximate surface area is 192 Å². The number of aryl methyl sites for hydroxylation is 2. The summed E-state index contributed by atoms with van der Waals surface area (Å²) in [6.45, 7) is 9.24. The van der Waals surface area contributed by atoms with Gasteiger partial charge in [0, 0.05) is 32.4 Å². The van der Waals surface area contributed by atoms with E-state index < -0.39 is 0 Å². The molecule has 3 aromatic heterocycles. The van der Waals surface area contributed by atoms with Crippen LogP contribution in [0, 0.1) is 12.3 Å². The van der Waals surface area contributed by atoms with Gasteiger partial charge in [0.25, 0.3) is 11.5 Å². The first-order chi connectivity index (χ1) is 16.0. The number of amides is 1. The van der Waals surface area contributed by atoms with Crippen LogP contribution >= 0.6 is 0 Å². The molecule has 0 saturated carbocycles. The molecular formula is C24H32N6O3. The highest BCUT2D eigenvalue weighted by molar-refractivity contribution is 5.96. The van der Waals surface area contributed by atoms with Gasteiger partial charge in [0.05, 0.1) is 24.2 Å². The van der Waals surface area contributed by atoms with E-state index in [1.54, 1.807) is 16.8 Å². The molecule has 0 bridgehead atoms. The first-order valence-electron chi connectivity index (χ1n) is 11.7. The number of ether oxygens (including phenoxy) is 1. The zero-order chi connectivity index (χ0) is 23.4. The summed E-state index contributed by atoms with van der Waals surface area (Å²) in [6.07, 6.45) is 4.32. The molecule has 0 unspecified atom stereocenters. The van der Waals surface area contributed by atoms with Gasteiger partial charge in [-0.15, -0.1) is 0 Å². The average Bonchev–Trinajstić information content (AvgIpc) is 2.82. The van der Waals surface area contributed by atoms with Crippen molar-refractivity contribution in [2.75, 3.05) is 39.4 Å². The van der Waals surface area contributed by atoms with Crippen molar-refractivity contribution >= 4 is 22.6 Å². The zero-order valence-corrected chi connectivity index (χ0v) is 19.4. The number of hydrogen-bond acceptors (Lipinski definition) is 6. The summed E-state index contributed by atoms with van der Waals surface area (Å²) in [4.78, 5) is 33.3. The van der Waals surface area contributed by atoms with Crippen LogP contribution in [0.3, 0.4) is 0 Å². The Morgan fingerprint density at radius 2 is 2.00 bits per heavy atom. The molecule has 1 amide bonds. The molecular weight excluding hydrogens is 420 g/mol. The van der Waals surface area contributed by atoms with Gasteiger partial charge >= 0.3 is 0 Å². The summed E-state index contributed by atoms with van der Waals surface area (Å²) >= 11 is 0. The second kappa shape index (κ2) is 10.3. The normalized spacial score (nSPS) is 14.7. The van der Waals surface area contributed by atoms with Gasteiger partial charge < -0.3 is 14.6 Å². The van der Waals surface area contributed by atoms with E-state index in [1.165, 1.54) is 10.5 Å². The van der Waals surface area contributed by atoms with Crippen molar-refractivity contribution in [1.29, 1.82) is 5.41 Å². The molecule has 1 fully saturated rings. The minimum Gasteiger partial charge on any atom is -0.379 e. The third-order valence-corrected chi connectivity index (χ3v) is 6.08. The van der Waals surface area contributed by atoms with E-state index in [1.807, 2.05) is 13.0 Å². The van der Waals surface area contributed by atoms with E-state index in [0.717, 1.165) is 57.7 Å². The molecule has 9 nitrogen and oxygen atoms in total. The van der Waals surface area contributed by atoms with Gasteiger partial charge in [0.1, 0.15) is 16.8 Å². The summed E-state index contributed by atoms with van der Waals surface area (Å²) < 4.78 is 8.57. The standard InChI is InChI=1S/C24H32N6O3/c1-3-4-10-29-21(25)18(23(31)26-8-5-9-28-11-13-33-14-12-28)15-19-22(29)27-20-7-6-17(2)16-30(20)24(19)32/h6-7,15-16,25H,3-5,8-14H2,1-2H3,(H,26,31). The van der Waals surface area contributed by atoms with E-state index in [2.05, 4.69) is 22.1 Å². The second-order valence-electron chi connectivity index (χ2n) is 8.56. The third kappa shape index (κ3) is 4.99. The molecule has 0 spiro atoms. The number of aromatic nitrogens is 3. The van der Waals surface area contributed by atoms with Gasteiger partial charge in [-0.3, -0.25) is 24.3 Å². The number of fused-ring (bicyclic) bond motifs is 2. The lowest BCUT2D eigenvalue weighted by Gasteiger charge is -2.26. The second-order valence-corrected chi connectivity index (χ2v) is 8.56. The maximum absolute atomic E-state index is 13.3. The van der Waals surface area contributed by atoms with Crippen LogP contribution in [-0.4, -0.2) is 64.2 Å². The van der Waals surface area contributed by atoms with E-state index in [9.17, 15) is 9.59 Å². The van der Waals surface area contributed by atoms with Crippen molar-refractivity contribution in [3.8, 4) is 0 Å². The molecule has 0 atom stereocenters. The molecule has 2 N–H and O–H groups in total. The van der Waals surface area contributed by atoms with Crippen LogP contribution in [0.5, 0.6) is 0 Å². The van der Waals surface area contributed by atoms with E-state index in [-0.39, 0.29) is 22.5 Å². The quantitative estimate of drug-likeness (QED) is 0.400. The van der Waals surface area contributed by atoms with Crippen molar-refractivity contribution in [1.82, 2.24) is 24.2 Å². The highest BCUT2D eigenvalue weighted by Crippen LogP contribution is 2.12. The van der Waals surface area contributed by atoms with E-state index in [0.29, 0.717) is 29.8 Å². The van der Waals surface area contributed by atoms with Gasteiger partial charge in [-0.1, -0.05) is 19.4 Å². The van der Waals surface area contributed by atoms with Crippen molar-refractivity contribution in [3.63, 3.8) is 0 Å². The molecule has 9 heteroatoms. The van der Waals surface area contributed by atoms with Crippen LogP contribution in [0.1, 0.15) is 42.1 Å². The van der Waals surface area contributed by atoms with Crippen LogP contribution in [0.25, 0.3) is 16.7 Å². The molecule has 176 valence electrons. The molecule has 4 heterocycles. The highest BCUT2D eigenvalue weighted by Gasteiger charge is 2.17. The van der Waals surface area contributed by atoms with Crippen LogP contribution in [-0.2, 0) is 11.3 Å². The van der Waals surface area contributed by atoms with Crippen molar-refractivity contribution < 1.29 is 9.53 Å². The Balaban J connectivity index is 1.65. The molecule has 33 heavy (non-hydrogen) atoms. The average molecular weight is 453 g/mol. The molecule has 0 aliphatic carbocycles.